The van der Waals surface area contributed by atoms with Crippen LogP contribution in [0.2, 0.25) is 10.0 Å². The molecule has 38 heavy (non-hydrogen) atoms. The number of rotatable bonds is 15. The average molecular weight is 574 g/mol. The van der Waals surface area contributed by atoms with Crippen molar-refractivity contribution in [2.45, 2.75) is 122 Å². The fraction of sp³-hybridized carbons (Fsp3) is 0.714. The standard InChI is InChI=1S/C28H42Cl2N2O6/c1-5-6-7-8-9-10-11-12-13-14-17-34-26-25-24(36-28(3,4)37-25)23(35-26)19(2)32-38-27(33)31-22-18-20(29)15-16-21(22)30/h15-16,18,23-26H,5-14,17H2,1-4H3,(H,31,33)/b32-19-/t23-,24+,25+,26+/m1/s1. The van der Waals surface area contributed by atoms with Crippen molar-refractivity contribution in [1.82, 2.24) is 0 Å². The summed E-state index contributed by atoms with van der Waals surface area (Å²) in [5.74, 6) is -0.780. The Hall–Kier alpha value is -1.42. The van der Waals surface area contributed by atoms with Crippen molar-refractivity contribution in [3.05, 3.63) is 28.2 Å². The van der Waals surface area contributed by atoms with Crippen LogP contribution in [0.1, 0.15) is 91.9 Å². The zero-order valence-electron chi connectivity index (χ0n) is 23.0. The Balaban J connectivity index is 1.43. The molecule has 1 aromatic carbocycles. The van der Waals surface area contributed by atoms with Gasteiger partial charge in [-0.05, 0) is 45.4 Å². The highest BCUT2D eigenvalue weighted by Crippen LogP contribution is 2.39. The van der Waals surface area contributed by atoms with Crippen molar-refractivity contribution in [2.75, 3.05) is 11.9 Å². The minimum atomic E-state index is -0.805. The summed E-state index contributed by atoms with van der Waals surface area (Å²) in [5.41, 5.74) is 0.752. The first-order valence-electron chi connectivity index (χ1n) is 13.8. The minimum Gasteiger partial charge on any atom is -0.350 e. The maximum absolute atomic E-state index is 12.3. The predicted molar refractivity (Wildman–Crippen MR) is 150 cm³/mol. The second kappa shape index (κ2) is 15.4. The van der Waals surface area contributed by atoms with E-state index >= 15 is 0 Å². The molecule has 10 heteroatoms. The second-order valence-corrected chi connectivity index (χ2v) is 11.2. The van der Waals surface area contributed by atoms with E-state index in [2.05, 4.69) is 17.4 Å². The third-order valence-corrected chi connectivity index (χ3v) is 7.21. The maximum Gasteiger partial charge on any atom is 0.437 e. The number of halogens is 2. The second-order valence-electron chi connectivity index (χ2n) is 10.4. The van der Waals surface area contributed by atoms with Gasteiger partial charge >= 0.3 is 6.09 Å². The van der Waals surface area contributed by atoms with Gasteiger partial charge in [0.2, 0.25) is 0 Å². The van der Waals surface area contributed by atoms with Crippen molar-refractivity contribution >= 4 is 40.7 Å². The summed E-state index contributed by atoms with van der Waals surface area (Å²) in [6.45, 7) is 8.24. The molecule has 1 amide bonds. The Labute approximate surface area is 236 Å². The predicted octanol–water partition coefficient (Wildman–Crippen LogP) is 8.10. The normalized spacial score (nSPS) is 24.4. The van der Waals surface area contributed by atoms with Gasteiger partial charge < -0.3 is 18.9 Å². The minimum absolute atomic E-state index is 0.323. The van der Waals surface area contributed by atoms with Crippen LogP contribution in [0.25, 0.3) is 0 Å². The highest BCUT2D eigenvalue weighted by atomic mass is 35.5. The van der Waals surface area contributed by atoms with Gasteiger partial charge in [-0.3, -0.25) is 10.2 Å². The quantitative estimate of drug-likeness (QED) is 0.0987. The number of unbranched alkanes of at least 4 members (excludes halogenated alkanes) is 9. The van der Waals surface area contributed by atoms with Crippen LogP contribution in [0.3, 0.4) is 0 Å². The Bertz CT molecular complexity index is 929. The number of oxime groups is 1. The summed E-state index contributed by atoms with van der Waals surface area (Å²) >= 11 is 12.0. The van der Waals surface area contributed by atoms with E-state index in [4.69, 9.17) is 47.0 Å². The summed E-state index contributed by atoms with van der Waals surface area (Å²) < 4.78 is 24.3. The van der Waals surface area contributed by atoms with E-state index in [9.17, 15) is 4.79 Å². The van der Waals surface area contributed by atoms with E-state index < -0.39 is 36.5 Å². The number of hydrogen-bond acceptors (Lipinski definition) is 7. The highest BCUT2D eigenvalue weighted by molar-refractivity contribution is 6.35. The van der Waals surface area contributed by atoms with Gasteiger partial charge in [-0.15, -0.1) is 0 Å². The molecule has 1 N–H and O–H groups in total. The SMILES string of the molecule is CCCCCCCCCCCCO[C@H]1O[C@H](/C(C)=N\OC(=O)Nc2cc(Cl)ccc2Cl)[C@@H]2OC(C)(C)O[C@H]12. The van der Waals surface area contributed by atoms with Crippen LogP contribution in [0, 0.1) is 0 Å². The van der Waals surface area contributed by atoms with E-state index in [1.807, 2.05) is 13.8 Å². The van der Waals surface area contributed by atoms with Crippen molar-refractivity contribution in [1.29, 1.82) is 0 Å². The van der Waals surface area contributed by atoms with E-state index in [0.717, 1.165) is 12.8 Å². The summed E-state index contributed by atoms with van der Waals surface area (Å²) in [6.07, 6.45) is 9.78. The molecule has 214 valence electrons. The summed E-state index contributed by atoms with van der Waals surface area (Å²) in [6, 6.07) is 4.72. The lowest BCUT2D eigenvalue weighted by molar-refractivity contribution is -0.226. The van der Waals surface area contributed by atoms with Gasteiger partial charge in [0.05, 0.1) is 16.4 Å². The number of fused-ring (bicyclic) bond motifs is 1. The molecule has 8 nitrogen and oxygen atoms in total. The Morgan fingerprint density at radius 1 is 1.00 bits per heavy atom. The molecule has 0 aromatic heterocycles. The Morgan fingerprint density at radius 3 is 2.32 bits per heavy atom. The van der Waals surface area contributed by atoms with Crippen LogP contribution in [0.5, 0.6) is 0 Å². The summed E-state index contributed by atoms with van der Waals surface area (Å²) in [5, 5.41) is 7.25. The van der Waals surface area contributed by atoms with Crippen molar-refractivity contribution in [3.8, 4) is 0 Å². The molecule has 2 fully saturated rings. The van der Waals surface area contributed by atoms with Gasteiger partial charge in [0.15, 0.2) is 12.1 Å². The van der Waals surface area contributed by atoms with Crippen molar-refractivity contribution in [3.63, 3.8) is 0 Å². The van der Waals surface area contributed by atoms with Crippen LogP contribution in [0.4, 0.5) is 10.5 Å². The zero-order chi connectivity index (χ0) is 27.5. The number of benzene rings is 1. The Kier molecular flexibility index (Phi) is 12.6. The molecule has 0 aliphatic carbocycles. The fourth-order valence-corrected chi connectivity index (χ4v) is 5.05. The smallest absolute Gasteiger partial charge is 0.350 e. The molecule has 0 radical (unpaired) electrons. The molecule has 2 aliphatic rings. The van der Waals surface area contributed by atoms with Crippen LogP contribution < -0.4 is 5.32 Å². The number of carbonyl (C=O) groups excluding carboxylic acids is 1. The topological polar surface area (TPSA) is 87.6 Å². The number of anilines is 1. The molecule has 0 bridgehead atoms. The first-order chi connectivity index (χ1) is 18.2. The number of nitrogens with one attached hydrogen (secondary N) is 1. The molecule has 0 spiro atoms. The van der Waals surface area contributed by atoms with Gasteiger partial charge in [-0.2, -0.15) is 0 Å². The number of carbonyl (C=O) groups is 1. The highest BCUT2D eigenvalue weighted by Gasteiger charge is 2.56. The lowest BCUT2D eigenvalue weighted by atomic mass is 10.1. The van der Waals surface area contributed by atoms with Gasteiger partial charge in [0, 0.05) is 11.6 Å². The van der Waals surface area contributed by atoms with Crippen LogP contribution >= 0.6 is 23.2 Å². The van der Waals surface area contributed by atoms with Crippen LogP contribution in [-0.4, -0.2) is 48.8 Å². The van der Waals surface area contributed by atoms with Gasteiger partial charge in [-0.25, -0.2) is 4.79 Å². The van der Waals surface area contributed by atoms with Crippen molar-refractivity contribution in [2.24, 2.45) is 5.16 Å². The van der Waals surface area contributed by atoms with Gasteiger partial charge in [0.25, 0.3) is 0 Å². The van der Waals surface area contributed by atoms with Crippen LogP contribution in [0.15, 0.2) is 23.4 Å². The van der Waals surface area contributed by atoms with Gasteiger partial charge in [0.1, 0.15) is 18.3 Å². The molecule has 2 saturated heterocycles. The first-order valence-corrected chi connectivity index (χ1v) is 14.6. The molecule has 2 heterocycles. The van der Waals surface area contributed by atoms with E-state index in [0.29, 0.717) is 28.1 Å². The molecular weight excluding hydrogens is 531 g/mol. The third-order valence-electron chi connectivity index (χ3n) is 6.64. The summed E-state index contributed by atoms with van der Waals surface area (Å²) in [7, 11) is 0. The monoisotopic (exact) mass is 572 g/mol. The lowest BCUT2D eigenvalue weighted by Crippen LogP contribution is -2.34. The number of amides is 1. The van der Waals surface area contributed by atoms with Crippen LogP contribution in [-0.2, 0) is 23.8 Å². The molecule has 3 rings (SSSR count). The molecule has 2 aliphatic heterocycles. The zero-order valence-corrected chi connectivity index (χ0v) is 24.5. The first kappa shape index (κ1) is 31.1. The van der Waals surface area contributed by atoms with Gasteiger partial charge in [-0.1, -0.05) is 93.1 Å². The average Bonchev–Trinajstić information content (AvgIpc) is 3.36. The fourth-order valence-electron chi connectivity index (χ4n) is 4.71. The molecule has 0 unspecified atom stereocenters. The van der Waals surface area contributed by atoms with E-state index in [1.54, 1.807) is 19.1 Å². The Morgan fingerprint density at radius 2 is 1.63 bits per heavy atom. The van der Waals surface area contributed by atoms with E-state index in [1.165, 1.54) is 57.4 Å². The lowest BCUT2D eigenvalue weighted by Gasteiger charge is -2.24. The van der Waals surface area contributed by atoms with Crippen molar-refractivity contribution < 1.29 is 28.6 Å². The number of nitrogens with zero attached hydrogens (tertiary/aromatic N) is 1. The van der Waals surface area contributed by atoms with E-state index in [-0.39, 0.29) is 0 Å². The largest absolute Gasteiger partial charge is 0.437 e. The molecule has 0 saturated carbocycles. The summed E-state index contributed by atoms with van der Waals surface area (Å²) in [4.78, 5) is 17.3. The molecular formula is C28H42Cl2N2O6. The third kappa shape index (κ3) is 9.65. The number of hydrogen-bond donors (Lipinski definition) is 1. The maximum atomic E-state index is 12.3. The molecule has 1 aromatic rings. The molecule has 4 atom stereocenters. The number of ether oxygens (including phenoxy) is 4.